The largest absolute Gasteiger partial charge is 0.379 e. The maximum absolute atomic E-state index is 6.57. The van der Waals surface area contributed by atoms with Gasteiger partial charge in [-0.3, -0.25) is 9.89 Å². The summed E-state index contributed by atoms with van der Waals surface area (Å²) >= 11 is 6.57. The zero-order valence-corrected chi connectivity index (χ0v) is 18.7. The van der Waals surface area contributed by atoms with Crippen molar-refractivity contribution in [2.24, 2.45) is 4.99 Å². The molecule has 8 nitrogen and oxygen atoms in total. The Bertz CT molecular complexity index is 852. The van der Waals surface area contributed by atoms with Crippen LogP contribution in [0.3, 0.4) is 0 Å². The van der Waals surface area contributed by atoms with E-state index < -0.39 is 0 Å². The number of nitrogens with one attached hydrogen (secondary N) is 1. The zero-order chi connectivity index (χ0) is 21.5. The van der Waals surface area contributed by atoms with Gasteiger partial charge in [-0.05, 0) is 17.7 Å². The molecule has 166 valence electrons. The lowest BCUT2D eigenvalue weighted by Crippen LogP contribution is -2.54. The van der Waals surface area contributed by atoms with Crippen LogP contribution in [0.5, 0.6) is 0 Å². The summed E-state index contributed by atoms with van der Waals surface area (Å²) in [5.74, 6) is 1.70. The Balaban J connectivity index is 1.39. The van der Waals surface area contributed by atoms with Crippen LogP contribution in [0.25, 0.3) is 0 Å². The third kappa shape index (κ3) is 5.44. The minimum Gasteiger partial charge on any atom is -0.379 e. The van der Waals surface area contributed by atoms with Gasteiger partial charge < -0.3 is 19.9 Å². The summed E-state index contributed by atoms with van der Waals surface area (Å²) in [4.78, 5) is 20.2. The number of rotatable bonds is 5. The van der Waals surface area contributed by atoms with E-state index in [1.165, 1.54) is 0 Å². The summed E-state index contributed by atoms with van der Waals surface area (Å²) in [5, 5.41) is 4.40. The molecule has 0 aliphatic carbocycles. The minimum absolute atomic E-state index is 0.161. The number of hydrogen-bond donors (Lipinski definition) is 1. The van der Waals surface area contributed by atoms with Crippen LogP contribution >= 0.6 is 11.6 Å². The molecule has 1 aromatic heterocycles. The highest BCUT2D eigenvalue weighted by Crippen LogP contribution is 2.27. The van der Waals surface area contributed by atoms with Crippen LogP contribution in [0.2, 0.25) is 5.02 Å². The summed E-state index contributed by atoms with van der Waals surface area (Å²) in [7, 11) is 1.84. The minimum atomic E-state index is 0.161. The van der Waals surface area contributed by atoms with Crippen LogP contribution in [0.4, 0.5) is 5.95 Å². The maximum atomic E-state index is 6.57. The van der Waals surface area contributed by atoms with E-state index in [0.717, 1.165) is 81.5 Å². The number of halogens is 1. The fraction of sp³-hybridized carbons (Fsp3) is 0.500. The second kappa shape index (κ2) is 10.7. The molecule has 0 spiro atoms. The maximum Gasteiger partial charge on any atom is 0.225 e. The lowest BCUT2D eigenvalue weighted by molar-refractivity contribution is 0.0169. The first-order valence-corrected chi connectivity index (χ1v) is 11.2. The van der Waals surface area contributed by atoms with Gasteiger partial charge in [0, 0.05) is 70.3 Å². The molecule has 2 aliphatic rings. The van der Waals surface area contributed by atoms with Crippen molar-refractivity contribution in [1.82, 2.24) is 25.1 Å². The molecule has 1 aromatic carbocycles. The van der Waals surface area contributed by atoms with Gasteiger partial charge in [-0.2, -0.15) is 0 Å². The van der Waals surface area contributed by atoms with E-state index >= 15 is 0 Å². The van der Waals surface area contributed by atoms with Gasteiger partial charge in [0.15, 0.2) is 5.96 Å². The van der Waals surface area contributed by atoms with E-state index in [2.05, 4.69) is 41.0 Å². The van der Waals surface area contributed by atoms with Crippen LogP contribution in [0.1, 0.15) is 11.6 Å². The molecule has 2 aliphatic heterocycles. The number of ether oxygens (including phenoxy) is 1. The van der Waals surface area contributed by atoms with E-state index in [1.54, 1.807) is 12.4 Å². The van der Waals surface area contributed by atoms with Gasteiger partial charge in [0.2, 0.25) is 5.95 Å². The number of aromatic nitrogens is 2. The fourth-order valence-corrected chi connectivity index (χ4v) is 4.42. The second-order valence-corrected chi connectivity index (χ2v) is 8.04. The van der Waals surface area contributed by atoms with Crippen molar-refractivity contribution in [2.75, 3.05) is 71.0 Å². The number of anilines is 1. The Labute approximate surface area is 188 Å². The molecule has 0 saturated carbocycles. The summed E-state index contributed by atoms with van der Waals surface area (Å²) in [6, 6.07) is 10.1. The Kier molecular flexibility index (Phi) is 7.56. The van der Waals surface area contributed by atoms with Crippen molar-refractivity contribution >= 4 is 23.5 Å². The second-order valence-electron chi connectivity index (χ2n) is 7.64. The van der Waals surface area contributed by atoms with E-state index in [-0.39, 0.29) is 6.04 Å². The van der Waals surface area contributed by atoms with Gasteiger partial charge >= 0.3 is 0 Å². The topological polar surface area (TPSA) is 69.1 Å². The monoisotopic (exact) mass is 443 g/mol. The molecule has 3 heterocycles. The van der Waals surface area contributed by atoms with Gasteiger partial charge in [0.05, 0.1) is 19.3 Å². The molecule has 2 fully saturated rings. The Morgan fingerprint density at radius 1 is 1.06 bits per heavy atom. The molecule has 0 amide bonds. The first-order chi connectivity index (χ1) is 15.3. The average Bonchev–Trinajstić information content (AvgIpc) is 2.84. The summed E-state index contributed by atoms with van der Waals surface area (Å²) in [5.41, 5.74) is 1.14. The molecular weight excluding hydrogens is 414 g/mol. The van der Waals surface area contributed by atoms with E-state index in [4.69, 9.17) is 16.3 Å². The first kappa shape index (κ1) is 21.8. The van der Waals surface area contributed by atoms with Crippen LogP contribution in [-0.4, -0.2) is 91.8 Å². The number of guanidine groups is 1. The molecule has 1 atom stereocenters. The number of morpholine rings is 1. The molecule has 9 heteroatoms. The normalized spacial score (nSPS) is 19.4. The molecule has 1 unspecified atom stereocenters. The first-order valence-electron chi connectivity index (χ1n) is 10.8. The van der Waals surface area contributed by atoms with Crippen molar-refractivity contribution in [2.45, 2.75) is 6.04 Å². The standard InChI is InChI=1S/C22H30ClN7O/c1-24-21(29-9-11-30(12-10-29)22-25-7-4-8-26-22)27-17-20(28-13-15-31-16-14-28)18-5-2-3-6-19(18)23/h2-8,20H,9-17H2,1H3,(H,24,27). The van der Waals surface area contributed by atoms with Gasteiger partial charge in [0.1, 0.15) is 0 Å². The predicted molar refractivity (Wildman–Crippen MR) is 124 cm³/mol. The van der Waals surface area contributed by atoms with Gasteiger partial charge in [-0.1, -0.05) is 29.8 Å². The van der Waals surface area contributed by atoms with Crippen LogP contribution in [-0.2, 0) is 4.74 Å². The quantitative estimate of drug-likeness (QED) is 0.559. The highest BCUT2D eigenvalue weighted by Gasteiger charge is 2.26. The molecule has 2 aromatic rings. The molecule has 31 heavy (non-hydrogen) atoms. The number of benzene rings is 1. The third-order valence-electron chi connectivity index (χ3n) is 5.83. The van der Waals surface area contributed by atoms with Gasteiger partial charge in [-0.25, -0.2) is 9.97 Å². The highest BCUT2D eigenvalue weighted by atomic mass is 35.5. The van der Waals surface area contributed by atoms with Crippen molar-refractivity contribution in [3.05, 3.63) is 53.3 Å². The van der Waals surface area contributed by atoms with Crippen LogP contribution in [0, 0.1) is 0 Å². The Morgan fingerprint density at radius 2 is 1.77 bits per heavy atom. The highest BCUT2D eigenvalue weighted by molar-refractivity contribution is 6.31. The van der Waals surface area contributed by atoms with Gasteiger partial charge in [0.25, 0.3) is 0 Å². The van der Waals surface area contributed by atoms with E-state index in [0.29, 0.717) is 0 Å². The lowest BCUT2D eigenvalue weighted by Gasteiger charge is -2.38. The summed E-state index contributed by atoms with van der Waals surface area (Å²) in [6.07, 6.45) is 3.57. The number of aliphatic imine (C=N–C) groups is 1. The number of hydrogen-bond acceptors (Lipinski definition) is 6. The third-order valence-corrected chi connectivity index (χ3v) is 6.17. The van der Waals surface area contributed by atoms with Crippen LogP contribution in [0.15, 0.2) is 47.7 Å². The molecule has 2 saturated heterocycles. The zero-order valence-electron chi connectivity index (χ0n) is 18.0. The van der Waals surface area contributed by atoms with Crippen molar-refractivity contribution in [3.63, 3.8) is 0 Å². The summed E-state index contributed by atoms with van der Waals surface area (Å²) in [6.45, 7) is 7.48. The number of piperazine rings is 1. The Hall–Kier alpha value is -2.42. The van der Waals surface area contributed by atoms with Crippen molar-refractivity contribution in [1.29, 1.82) is 0 Å². The van der Waals surface area contributed by atoms with Crippen molar-refractivity contribution < 1.29 is 4.74 Å². The summed E-state index contributed by atoms with van der Waals surface area (Å²) < 4.78 is 5.56. The molecule has 0 bridgehead atoms. The smallest absolute Gasteiger partial charge is 0.225 e. The van der Waals surface area contributed by atoms with E-state index in [9.17, 15) is 0 Å². The number of nitrogens with zero attached hydrogens (tertiary/aromatic N) is 6. The predicted octanol–water partition coefficient (Wildman–Crippen LogP) is 1.90. The van der Waals surface area contributed by atoms with Crippen LogP contribution < -0.4 is 10.2 Å². The van der Waals surface area contributed by atoms with Gasteiger partial charge in [-0.15, -0.1) is 0 Å². The van der Waals surface area contributed by atoms with Crippen molar-refractivity contribution in [3.8, 4) is 0 Å². The average molecular weight is 444 g/mol. The lowest BCUT2D eigenvalue weighted by atomic mass is 10.0. The van der Waals surface area contributed by atoms with E-state index in [1.807, 2.05) is 31.3 Å². The molecular formula is C22H30ClN7O. The Morgan fingerprint density at radius 3 is 2.45 bits per heavy atom. The molecule has 1 N–H and O–H groups in total. The molecule has 4 rings (SSSR count). The fourth-order valence-electron chi connectivity index (χ4n) is 4.16. The SMILES string of the molecule is CN=C(NCC(c1ccccc1Cl)N1CCOCC1)N1CCN(c2ncccn2)CC1. The molecule has 0 radical (unpaired) electrons.